The zero-order valence-corrected chi connectivity index (χ0v) is 19.0. The number of aromatic nitrogens is 2. The number of benzene rings is 2. The Balaban J connectivity index is 0.00000341. The van der Waals surface area contributed by atoms with Gasteiger partial charge in [-0.05, 0) is 38.1 Å². The summed E-state index contributed by atoms with van der Waals surface area (Å²) in [5.74, 6) is -1.09. The van der Waals surface area contributed by atoms with Crippen LogP contribution in [0.15, 0.2) is 30.3 Å². The molecule has 3 aromatic rings. The Morgan fingerprint density at radius 2 is 1.77 bits per heavy atom. The lowest BCUT2D eigenvalue weighted by molar-refractivity contribution is 0.202. The molecule has 0 spiro atoms. The topological polar surface area (TPSA) is 90.5 Å². The molecule has 0 saturated carbocycles. The number of rotatable bonds is 8. The minimum atomic E-state index is -0.655. The van der Waals surface area contributed by atoms with Gasteiger partial charge in [0.05, 0.1) is 23.8 Å². The zero-order chi connectivity index (χ0) is 21.8. The van der Waals surface area contributed by atoms with Crippen LogP contribution in [-0.4, -0.2) is 40.7 Å². The fourth-order valence-electron chi connectivity index (χ4n) is 2.48. The van der Waals surface area contributed by atoms with E-state index in [0.717, 1.165) is 11.3 Å². The van der Waals surface area contributed by atoms with E-state index in [2.05, 4.69) is 10.2 Å². The molecule has 2 aromatic carbocycles. The Kier molecular flexibility index (Phi) is 8.96. The normalized spacial score (nSPS) is 11.9. The summed E-state index contributed by atoms with van der Waals surface area (Å²) in [7, 11) is 0. The molecule has 1 heterocycles. The van der Waals surface area contributed by atoms with Crippen LogP contribution in [0.4, 0.5) is 8.78 Å². The number of nitrogens with zero attached hydrogens (tertiary/aromatic N) is 2. The quantitative estimate of drug-likeness (QED) is 0.474. The summed E-state index contributed by atoms with van der Waals surface area (Å²) in [5.41, 5.74) is 6.40. The lowest BCUT2D eigenvalue weighted by Crippen LogP contribution is -2.31. The highest BCUT2D eigenvalue weighted by Crippen LogP contribution is 2.37. The highest BCUT2D eigenvalue weighted by Gasteiger charge is 2.17. The van der Waals surface area contributed by atoms with Crippen molar-refractivity contribution in [3.05, 3.63) is 47.0 Å². The van der Waals surface area contributed by atoms with Crippen molar-refractivity contribution in [1.82, 2.24) is 10.2 Å². The summed E-state index contributed by atoms with van der Waals surface area (Å²) in [5, 5.41) is 18.1. The van der Waals surface area contributed by atoms with Gasteiger partial charge in [0.25, 0.3) is 0 Å². The van der Waals surface area contributed by atoms with Crippen LogP contribution in [0, 0.1) is 11.6 Å². The second kappa shape index (κ2) is 11.0. The van der Waals surface area contributed by atoms with Gasteiger partial charge in [-0.25, -0.2) is 8.78 Å². The van der Waals surface area contributed by atoms with Crippen molar-refractivity contribution in [3.8, 4) is 32.6 Å². The maximum absolute atomic E-state index is 14.4. The molecular formula is C20H21Cl2F2N3O3S. The molecule has 168 valence electrons. The van der Waals surface area contributed by atoms with Crippen molar-refractivity contribution in [3.63, 3.8) is 0 Å². The van der Waals surface area contributed by atoms with Crippen LogP contribution in [0.2, 0.25) is 5.02 Å². The van der Waals surface area contributed by atoms with E-state index in [0.29, 0.717) is 21.1 Å². The number of ether oxygens (including phenoxy) is 2. The maximum Gasteiger partial charge on any atom is 0.165 e. The molecule has 3 N–H and O–H groups in total. The highest BCUT2D eigenvalue weighted by atomic mass is 35.5. The lowest BCUT2D eigenvalue weighted by atomic mass is 10.2. The Morgan fingerprint density at radius 1 is 1.10 bits per heavy atom. The molecule has 1 aromatic heterocycles. The van der Waals surface area contributed by atoms with Crippen molar-refractivity contribution in [2.45, 2.75) is 26.0 Å². The van der Waals surface area contributed by atoms with Crippen molar-refractivity contribution in [2.24, 2.45) is 5.73 Å². The third-order valence-corrected chi connectivity index (χ3v) is 5.22. The van der Waals surface area contributed by atoms with Crippen molar-refractivity contribution < 1.29 is 23.4 Å². The zero-order valence-electron chi connectivity index (χ0n) is 16.6. The van der Waals surface area contributed by atoms with Gasteiger partial charge in [-0.2, -0.15) is 0 Å². The van der Waals surface area contributed by atoms with E-state index in [9.17, 15) is 8.78 Å². The van der Waals surface area contributed by atoms with Gasteiger partial charge in [0.1, 0.15) is 16.6 Å². The summed E-state index contributed by atoms with van der Waals surface area (Å²) in [6.07, 6.45) is -0.151. The van der Waals surface area contributed by atoms with Crippen LogP contribution in [0.1, 0.15) is 13.8 Å². The van der Waals surface area contributed by atoms with E-state index in [1.54, 1.807) is 6.07 Å². The number of nitrogens with two attached hydrogens (primary N) is 1. The molecule has 0 unspecified atom stereocenters. The van der Waals surface area contributed by atoms with Gasteiger partial charge in [-0.3, -0.25) is 0 Å². The number of aliphatic hydroxyl groups excluding tert-OH is 1. The SMILES string of the molecule is CC(C)Oc1ccc(-c2nnc(-c3cc(F)c(OC[C@H](N)CO)cc3Cl)s2)cc1F.Cl. The van der Waals surface area contributed by atoms with Crippen LogP contribution < -0.4 is 15.2 Å². The molecule has 0 saturated heterocycles. The van der Waals surface area contributed by atoms with E-state index in [-0.39, 0.29) is 48.2 Å². The first-order valence-corrected chi connectivity index (χ1v) is 10.3. The molecule has 31 heavy (non-hydrogen) atoms. The number of aliphatic hydroxyl groups is 1. The molecule has 0 amide bonds. The van der Waals surface area contributed by atoms with Gasteiger partial charge in [-0.1, -0.05) is 22.9 Å². The van der Waals surface area contributed by atoms with Crippen LogP contribution in [0.3, 0.4) is 0 Å². The predicted molar refractivity (Wildman–Crippen MR) is 119 cm³/mol. The second-order valence-electron chi connectivity index (χ2n) is 6.74. The monoisotopic (exact) mass is 491 g/mol. The molecule has 1 atom stereocenters. The first-order valence-electron chi connectivity index (χ1n) is 9.07. The van der Waals surface area contributed by atoms with Crippen molar-refractivity contribution in [1.29, 1.82) is 0 Å². The van der Waals surface area contributed by atoms with Crippen molar-refractivity contribution in [2.75, 3.05) is 13.2 Å². The standard InChI is InChI=1S/C20H20ClF2N3O3S.ClH/c1-10(2)29-17-4-3-11(5-15(17)22)19-25-26-20(30-19)13-6-16(23)18(7-14(13)21)28-9-12(24)8-27;/h3-7,10,12,27H,8-9,24H2,1-2H3;1H/t12-;/m1./s1. The van der Waals surface area contributed by atoms with Crippen LogP contribution in [0.25, 0.3) is 21.1 Å². The molecular weight excluding hydrogens is 471 g/mol. The molecule has 0 aliphatic heterocycles. The minimum Gasteiger partial charge on any atom is -0.489 e. The third kappa shape index (κ3) is 6.24. The predicted octanol–water partition coefficient (Wildman–Crippen LogP) is 4.71. The Labute approximate surface area is 193 Å². The molecule has 0 fully saturated rings. The van der Waals surface area contributed by atoms with E-state index >= 15 is 0 Å². The summed E-state index contributed by atoms with van der Waals surface area (Å²) in [6.45, 7) is 3.27. The molecule has 0 bridgehead atoms. The molecule has 0 aliphatic rings. The maximum atomic E-state index is 14.4. The minimum absolute atomic E-state index is 0. The van der Waals surface area contributed by atoms with Gasteiger partial charge in [-0.15, -0.1) is 22.6 Å². The average Bonchev–Trinajstić information content (AvgIpc) is 3.19. The first kappa shape index (κ1) is 25.2. The highest BCUT2D eigenvalue weighted by molar-refractivity contribution is 7.18. The number of hydrogen-bond acceptors (Lipinski definition) is 7. The Bertz CT molecular complexity index is 1040. The summed E-state index contributed by atoms with van der Waals surface area (Å²) >= 11 is 7.41. The van der Waals surface area contributed by atoms with E-state index in [4.69, 9.17) is 31.9 Å². The van der Waals surface area contributed by atoms with Crippen LogP contribution in [-0.2, 0) is 0 Å². The van der Waals surface area contributed by atoms with Gasteiger partial charge < -0.3 is 20.3 Å². The Hall–Kier alpha value is -2.04. The van der Waals surface area contributed by atoms with Gasteiger partial charge >= 0.3 is 0 Å². The Morgan fingerprint density at radius 3 is 2.42 bits per heavy atom. The molecule has 11 heteroatoms. The fourth-order valence-corrected chi connectivity index (χ4v) is 3.65. The van der Waals surface area contributed by atoms with Gasteiger partial charge in [0.2, 0.25) is 0 Å². The number of hydrogen-bond donors (Lipinski definition) is 2. The van der Waals surface area contributed by atoms with E-state index in [1.165, 1.54) is 24.3 Å². The molecule has 6 nitrogen and oxygen atoms in total. The lowest BCUT2D eigenvalue weighted by Gasteiger charge is -2.12. The molecule has 3 rings (SSSR count). The average molecular weight is 492 g/mol. The van der Waals surface area contributed by atoms with E-state index in [1.807, 2.05) is 13.8 Å². The van der Waals surface area contributed by atoms with Gasteiger partial charge in [0, 0.05) is 17.2 Å². The molecule has 0 radical (unpaired) electrons. The fraction of sp³-hybridized carbons (Fsp3) is 0.300. The smallest absolute Gasteiger partial charge is 0.165 e. The third-order valence-electron chi connectivity index (χ3n) is 3.91. The first-order chi connectivity index (χ1) is 14.3. The summed E-state index contributed by atoms with van der Waals surface area (Å²) in [6, 6.07) is 6.38. The van der Waals surface area contributed by atoms with Gasteiger partial charge in [0.15, 0.2) is 23.1 Å². The summed E-state index contributed by atoms with van der Waals surface area (Å²) < 4.78 is 39.3. The van der Waals surface area contributed by atoms with Crippen LogP contribution >= 0.6 is 35.3 Å². The number of halogens is 4. The van der Waals surface area contributed by atoms with E-state index < -0.39 is 17.7 Å². The largest absolute Gasteiger partial charge is 0.489 e. The van der Waals surface area contributed by atoms with Crippen molar-refractivity contribution >= 4 is 35.3 Å². The summed E-state index contributed by atoms with van der Waals surface area (Å²) in [4.78, 5) is 0. The second-order valence-corrected chi connectivity index (χ2v) is 8.13. The molecule has 0 aliphatic carbocycles. The van der Waals surface area contributed by atoms with Crippen LogP contribution in [0.5, 0.6) is 11.5 Å².